The van der Waals surface area contributed by atoms with Crippen LogP contribution in [0.1, 0.15) is 122 Å². The van der Waals surface area contributed by atoms with Crippen molar-refractivity contribution >= 4 is 79.0 Å². The number of rotatable bonds is 56. The fourth-order valence-electron chi connectivity index (χ4n) is 6.45. The molecule has 0 spiro atoms. The molecule has 0 aromatic rings. The summed E-state index contributed by atoms with van der Waals surface area (Å²) < 4.78 is 32.2. The predicted molar refractivity (Wildman–Crippen MR) is 294 cm³/mol. The number of aliphatic hydroxyl groups is 2. The zero-order chi connectivity index (χ0) is 53.5. The highest BCUT2D eigenvalue weighted by molar-refractivity contribution is 8.77. The first-order valence-corrected chi connectivity index (χ1v) is 31.5. The van der Waals surface area contributed by atoms with Crippen LogP contribution in [-0.4, -0.2) is 210 Å². The van der Waals surface area contributed by atoms with Gasteiger partial charge in [-0.05, 0) is 96.6 Å². The smallest absolute Gasteiger partial charge is 0.307 e. The van der Waals surface area contributed by atoms with Gasteiger partial charge in [0, 0.05) is 102 Å². The summed E-state index contributed by atoms with van der Waals surface area (Å²) in [6.45, 7) is 8.93. The predicted octanol–water partition coefficient (Wildman–Crippen LogP) is 4.11. The first-order chi connectivity index (χ1) is 35.6. The number of nitrogens with one attached hydrogen (secondary N) is 2. The van der Waals surface area contributed by atoms with Crippen molar-refractivity contribution in [2.24, 2.45) is 11.5 Å². The van der Waals surface area contributed by atoms with Crippen LogP contribution in [0.15, 0.2) is 0 Å². The zero-order valence-electron chi connectivity index (χ0n) is 43.9. The minimum absolute atomic E-state index is 0.0647. The van der Waals surface area contributed by atoms with E-state index in [2.05, 4.69) is 10.6 Å². The van der Waals surface area contributed by atoms with Crippen LogP contribution in [-0.2, 0) is 57.2 Å². The highest BCUT2D eigenvalue weighted by Crippen LogP contribution is 2.19. The number of esters is 6. The maximum atomic E-state index is 12.5. The molecule has 0 aliphatic carbocycles. The summed E-state index contributed by atoms with van der Waals surface area (Å²) in [5, 5.41) is 24.9. The quantitative estimate of drug-likeness (QED) is 0.0216. The Balaban J connectivity index is 4.12. The second kappa shape index (κ2) is 56.1. The third-order valence-corrected chi connectivity index (χ3v) is 15.4. The van der Waals surface area contributed by atoms with Crippen molar-refractivity contribution < 1.29 is 67.4 Å². The molecule has 0 aromatic heterocycles. The Hall–Kier alpha value is -2.10. The van der Waals surface area contributed by atoms with Gasteiger partial charge in [-0.1, -0.05) is 43.2 Å². The van der Waals surface area contributed by atoms with Gasteiger partial charge in [-0.25, -0.2) is 0 Å². The molecule has 73 heavy (non-hydrogen) atoms. The fourth-order valence-corrected chi connectivity index (χ4v) is 10.1. The molecule has 0 aromatic carbocycles. The largest absolute Gasteiger partial charge is 0.466 e. The number of hydrogen-bond donors (Lipinski definition) is 6. The van der Waals surface area contributed by atoms with E-state index in [1.54, 1.807) is 43.2 Å². The van der Waals surface area contributed by atoms with Crippen molar-refractivity contribution in [2.75, 3.05) is 154 Å². The van der Waals surface area contributed by atoms with Crippen LogP contribution in [0.3, 0.4) is 0 Å². The molecule has 8 N–H and O–H groups in total. The molecule has 0 aliphatic rings. The Morgan fingerprint density at radius 2 is 0.616 bits per heavy atom. The molecule has 24 heteroatoms. The number of nitrogens with zero attached hydrogens (tertiary/aromatic N) is 2. The lowest BCUT2D eigenvalue weighted by atomic mass is 10.2. The molecule has 0 radical (unpaired) electrons. The van der Waals surface area contributed by atoms with E-state index in [0.29, 0.717) is 149 Å². The third-order valence-electron chi connectivity index (χ3n) is 10.5. The van der Waals surface area contributed by atoms with Gasteiger partial charge < -0.3 is 70.5 Å². The van der Waals surface area contributed by atoms with Crippen molar-refractivity contribution in [3.63, 3.8) is 0 Å². The molecule has 0 aliphatic heterocycles. The zero-order valence-corrected chi connectivity index (χ0v) is 47.1. The summed E-state index contributed by atoms with van der Waals surface area (Å²) in [7, 11) is 7.01. The molecule has 0 rings (SSSR count). The molecule has 20 nitrogen and oxygen atoms in total. The molecule has 0 heterocycles. The summed E-state index contributed by atoms with van der Waals surface area (Å²) in [6.07, 6.45) is 10.2. The van der Waals surface area contributed by atoms with E-state index in [9.17, 15) is 39.0 Å². The summed E-state index contributed by atoms with van der Waals surface area (Å²) in [5.41, 5.74) is 10.9. The summed E-state index contributed by atoms with van der Waals surface area (Å²) >= 11 is 0. The number of aliphatic hydroxyl groups excluding tert-OH is 2. The number of unbranched alkanes of at least 4 members (excludes halogenated alkanes) is 8. The monoisotopic (exact) mass is 1120 g/mol. The van der Waals surface area contributed by atoms with Crippen LogP contribution in [0.5, 0.6) is 0 Å². The van der Waals surface area contributed by atoms with Gasteiger partial charge in [0.1, 0.15) is 0 Å². The SMILES string of the molecule is NCCSSCCNCCC(=O)OCCCCCOC(=O)CCN(CCCCO)CCC(=O)OCCCCCOC(=O)CCN(CCCCO)CCC(=O)OCCCCCOC(=O)CCNCCSSCCN. The van der Waals surface area contributed by atoms with Gasteiger partial charge >= 0.3 is 35.8 Å². The number of hydrogen-bond acceptors (Lipinski definition) is 24. The average molecular weight is 1120 g/mol. The van der Waals surface area contributed by atoms with Gasteiger partial charge in [-0.15, -0.1) is 0 Å². The van der Waals surface area contributed by atoms with Gasteiger partial charge in [0.2, 0.25) is 0 Å². The third kappa shape index (κ3) is 53.1. The Labute approximate surface area is 452 Å². The first kappa shape index (κ1) is 70.9. The van der Waals surface area contributed by atoms with Gasteiger partial charge in [0.05, 0.1) is 78.2 Å². The number of carbonyl (C=O) groups is 6. The van der Waals surface area contributed by atoms with Crippen molar-refractivity contribution in [1.82, 2.24) is 20.4 Å². The normalized spacial score (nSPS) is 11.3. The van der Waals surface area contributed by atoms with E-state index in [4.69, 9.17) is 39.9 Å². The summed E-state index contributed by atoms with van der Waals surface area (Å²) in [6, 6.07) is 0. The van der Waals surface area contributed by atoms with Crippen LogP contribution >= 0.6 is 43.2 Å². The van der Waals surface area contributed by atoms with Crippen molar-refractivity contribution in [3.05, 3.63) is 0 Å². The maximum Gasteiger partial charge on any atom is 0.307 e. The first-order valence-electron chi connectivity index (χ1n) is 26.6. The Kier molecular flexibility index (Phi) is 54.5. The molecule has 0 bridgehead atoms. The molecule has 0 fully saturated rings. The van der Waals surface area contributed by atoms with Crippen molar-refractivity contribution in [2.45, 2.75) is 122 Å². The highest BCUT2D eigenvalue weighted by Gasteiger charge is 2.15. The lowest BCUT2D eigenvalue weighted by Crippen LogP contribution is -2.31. The van der Waals surface area contributed by atoms with E-state index in [1.165, 1.54) is 0 Å². The second-order valence-electron chi connectivity index (χ2n) is 16.9. The molecule has 428 valence electrons. The molecule has 0 saturated heterocycles. The van der Waals surface area contributed by atoms with Gasteiger partial charge in [0.15, 0.2) is 0 Å². The van der Waals surface area contributed by atoms with Crippen LogP contribution < -0.4 is 22.1 Å². The maximum absolute atomic E-state index is 12.5. The van der Waals surface area contributed by atoms with E-state index in [0.717, 1.165) is 61.8 Å². The Morgan fingerprint density at radius 3 is 0.890 bits per heavy atom. The minimum atomic E-state index is -0.338. The standard InChI is InChI=1S/C49H94N6O14S4/c50-20-40-70-72-42-24-52-22-14-44(58)64-34-8-1-10-36-66-46(60)16-28-54(26-4-6-32-56)30-18-48(62)68-38-12-3-13-39-69-49(63)19-31-55(27-5-7-33-57)29-17-47(61)67-37-11-2-9-35-65-45(59)15-23-53-25-43-73-71-41-21-51/h52-53,56-57H,1-43,50-51H2. The molecule has 0 saturated carbocycles. The molecule has 0 amide bonds. The summed E-state index contributed by atoms with van der Waals surface area (Å²) in [4.78, 5) is 77.7. The van der Waals surface area contributed by atoms with Gasteiger partial charge in [-0.3, -0.25) is 28.8 Å². The molecule has 0 atom stereocenters. The molecule has 0 unspecified atom stereocenters. The number of carbonyl (C=O) groups excluding carboxylic acids is 6. The van der Waals surface area contributed by atoms with E-state index < -0.39 is 0 Å². The van der Waals surface area contributed by atoms with Gasteiger partial charge in [0.25, 0.3) is 0 Å². The van der Waals surface area contributed by atoms with Crippen LogP contribution in [0.4, 0.5) is 0 Å². The highest BCUT2D eigenvalue weighted by atomic mass is 33.1. The Bertz CT molecular complexity index is 1260. The fraction of sp³-hybridized carbons (Fsp3) is 0.878. The lowest BCUT2D eigenvalue weighted by Gasteiger charge is -2.21. The van der Waals surface area contributed by atoms with Crippen LogP contribution in [0, 0.1) is 0 Å². The van der Waals surface area contributed by atoms with Crippen molar-refractivity contribution in [3.8, 4) is 0 Å². The average Bonchev–Trinajstić information content (AvgIpc) is 3.38. The van der Waals surface area contributed by atoms with E-state index >= 15 is 0 Å². The second-order valence-corrected chi connectivity index (χ2v) is 22.3. The summed E-state index contributed by atoms with van der Waals surface area (Å²) in [5.74, 6) is 1.98. The van der Waals surface area contributed by atoms with E-state index in [1.807, 2.05) is 9.80 Å². The molecular formula is C49H94N6O14S4. The molecular weight excluding hydrogens is 1020 g/mol. The minimum Gasteiger partial charge on any atom is -0.466 e. The van der Waals surface area contributed by atoms with Gasteiger partial charge in [-0.2, -0.15) is 0 Å². The van der Waals surface area contributed by atoms with E-state index in [-0.39, 0.29) is 101 Å². The lowest BCUT2D eigenvalue weighted by molar-refractivity contribution is -0.146. The van der Waals surface area contributed by atoms with Crippen LogP contribution in [0.25, 0.3) is 0 Å². The topological polar surface area (TPSA) is 281 Å². The number of ether oxygens (including phenoxy) is 6. The number of nitrogens with two attached hydrogens (primary N) is 2. The van der Waals surface area contributed by atoms with Crippen molar-refractivity contribution in [1.29, 1.82) is 0 Å². The van der Waals surface area contributed by atoms with Crippen LogP contribution in [0.2, 0.25) is 0 Å². The Morgan fingerprint density at radius 1 is 0.342 bits per heavy atom.